The van der Waals surface area contributed by atoms with E-state index in [-0.39, 0.29) is 0 Å². The lowest BCUT2D eigenvalue weighted by molar-refractivity contribution is -0.914. The Morgan fingerprint density at radius 3 is 2.30 bits per heavy atom. The van der Waals surface area contributed by atoms with Crippen molar-refractivity contribution in [3.8, 4) is 11.5 Å². The third-order valence-corrected chi connectivity index (χ3v) is 4.37. The SMILES string of the molecule is COc1cc(C[NH+]2CCN(c3cccc[nH+]3)CC2)cc(OC)c1. The topological polar surface area (TPSA) is 40.3 Å². The number of nitrogens with zero attached hydrogens (tertiary/aromatic N) is 1. The van der Waals surface area contributed by atoms with E-state index in [0.29, 0.717) is 0 Å². The van der Waals surface area contributed by atoms with Gasteiger partial charge >= 0.3 is 0 Å². The first-order valence-electron chi connectivity index (χ1n) is 8.05. The van der Waals surface area contributed by atoms with Crippen LogP contribution in [0, 0.1) is 0 Å². The number of nitrogens with one attached hydrogen (secondary N) is 2. The number of piperazine rings is 1. The van der Waals surface area contributed by atoms with Crippen LogP contribution in [0.3, 0.4) is 0 Å². The molecule has 2 N–H and O–H groups in total. The number of anilines is 1. The van der Waals surface area contributed by atoms with Gasteiger partial charge in [-0.05, 0) is 18.2 Å². The summed E-state index contributed by atoms with van der Waals surface area (Å²) in [5.41, 5.74) is 1.26. The van der Waals surface area contributed by atoms with Crippen LogP contribution >= 0.6 is 0 Å². The van der Waals surface area contributed by atoms with E-state index in [9.17, 15) is 0 Å². The van der Waals surface area contributed by atoms with Crippen molar-refractivity contribution in [3.05, 3.63) is 48.2 Å². The van der Waals surface area contributed by atoms with Gasteiger partial charge in [-0.2, -0.15) is 0 Å². The first-order chi connectivity index (χ1) is 11.3. The van der Waals surface area contributed by atoms with E-state index in [1.807, 2.05) is 18.3 Å². The molecule has 1 aromatic carbocycles. The molecule has 122 valence electrons. The van der Waals surface area contributed by atoms with E-state index >= 15 is 0 Å². The van der Waals surface area contributed by atoms with Crippen LogP contribution in [0.5, 0.6) is 11.5 Å². The fraction of sp³-hybridized carbons (Fsp3) is 0.389. The Labute approximate surface area is 137 Å². The van der Waals surface area contributed by atoms with Crippen molar-refractivity contribution in [1.82, 2.24) is 0 Å². The molecule has 5 nitrogen and oxygen atoms in total. The van der Waals surface area contributed by atoms with Gasteiger partial charge in [0.15, 0.2) is 0 Å². The van der Waals surface area contributed by atoms with Crippen molar-refractivity contribution >= 4 is 5.82 Å². The second-order valence-electron chi connectivity index (χ2n) is 5.88. The van der Waals surface area contributed by atoms with Crippen LogP contribution in [0.1, 0.15) is 5.56 Å². The minimum Gasteiger partial charge on any atom is -0.497 e. The van der Waals surface area contributed by atoms with Gasteiger partial charge in [0.05, 0.1) is 20.4 Å². The number of methoxy groups -OCH3 is 2. The third kappa shape index (κ3) is 3.93. The van der Waals surface area contributed by atoms with E-state index in [4.69, 9.17) is 9.47 Å². The summed E-state index contributed by atoms with van der Waals surface area (Å²) in [7, 11) is 3.39. The molecule has 0 spiro atoms. The zero-order valence-corrected chi connectivity index (χ0v) is 13.8. The molecule has 0 amide bonds. The summed E-state index contributed by atoms with van der Waals surface area (Å²) >= 11 is 0. The molecule has 5 heteroatoms. The number of aromatic amines is 1. The average molecular weight is 315 g/mol. The summed E-state index contributed by atoms with van der Waals surface area (Å²) < 4.78 is 10.7. The lowest BCUT2D eigenvalue weighted by Crippen LogP contribution is -3.13. The van der Waals surface area contributed by atoms with Gasteiger partial charge in [-0.3, -0.25) is 4.90 Å². The Hall–Kier alpha value is -2.27. The molecule has 1 aliphatic heterocycles. The molecule has 1 fully saturated rings. The molecule has 0 radical (unpaired) electrons. The molecule has 0 atom stereocenters. The van der Waals surface area contributed by atoms with Gasteiger partial charge in [-0.15, -0.1) is 0 Å². The molecule has 1 aromatic heterocycles. The number of quaternary nitrogens is 1. The van der Waals surface area contributed by atoms with Crippen LogP contribution in [-0.2, 0) is 6.54 Å². The molecule has 0 bridgehead atoms. The monoisotopic (exact) mass is 315 g/mol. The number of aromatic nitrogens is 1. The number of H-pyrrole nitrogens is 1. The lowest BCUT2D eigenvalue weighted by atomic mass is 10.1. The van der Waals surface area contributed by atoms with Crippen LogP contribution in [0.2, 0.25) is 0 Å². The molecule has 1 aliphatic rings. The molecule has 2 heterocycles. The summed E-state index contributed by atoms with van der Waals surface area (Å²) in [6.45, 7) is 5.39. The second-order valence-corrected chi connectivity index (χ2v) is 5.88. The molecule has 0 saturated carbocycles. The van der Waals surface area contributed by atoms with E-state index < -0.39 is 0 Å². The maximum absolute atomic E-state index is 5.36. The summed E-state index contributed by atoms with van der Waals surface area (Å²) in [5.74, 6) is 2.92. The van der Waals surface area contributed by atoms with Gasteiger partial charge in [0.2, 0.25) is 0 Å². The predicted molar refractivity (Wildman–Crippen MR) is 89.2 cm³/mol. The molecule has 2 aromatic rings. The summed E-state index contributed by atoms with van der Waals surface area (Å²) in [5, 5.41) is 0. The molecule has 0 aliphatic carbocycles. The van der Waals surface area contributed by atoms with E-state index in [0.717, 1.165) is 44.2 Å². The minimum absolute atomic E-state index is 0.858. The van der Waals surface area contributed by atoms with Crippen molar-refractivity contribution in [2.75, 3.05) is 45.3 Å². The Bertz CT molecular complexity index is 603. The number of hydrogen-bond donors (Lipinski definition) is 1. The van der Waals surface area contributed by atoms with Gasteiger partial charge < -0.3 is 14.4 Å². The number of rotatable bonds is 5. The largest absolute Gasteiger partial charge is 0.497 e. The fourth-order valence-corrected chi connectivity index (χ4v) is 3.08. The maximum atomic E-state index is 5.36. The lowest BCUT2D eigenvalue weighted by Gasteiger charge is -2.28. The molecule has 0 unspecified atom stereocenters. The number of benzene rings is 1. The van der Waals surface area contributed by atoms with E-state index in [1.165, 1.54) is 11.4 Å². The fourth-order valence-electron chi connectivity index (χ4n) is 3.08. The number of ether oxygens (including phenoxy) is 2. The molecule has 1 saturated heterocycles. The van der Waals surface area contributed by atoms with E-state index in [1.54, 1.807) is 19.1 Å². The van der Waals surface area contributed by atoms with Crippen LogP contribution in [-0.4, -0.2) is 40.4 Å². The van der Waals surface area contributed by atoms with Crippen LogP contribution in [0.4, 0.5) is 5.82 Å². The first kappa shape index (κ1) is 15.6. The first-order valence-corrected chi connectivity index (χ1v) is 8.05. The smallest absolute Gasteiger partial charge is 0.274 e. The van der Waals surface area contributed by atoms with Gasteiger partial charge in [-0.25, -0.2) is 4.98 Å². The number of hydrogen-bond acceptors (Lipinski definition) is 3. The minimum atomic E-state index is 0.858. The zero-order chi connectivity index (χ0) is 16.1. The highest BCUT2D eigenvalue weighted by Crippen LogP contribution is 2.22. The van der Waals surface area contributed by atoms with Crippen molar-refractivity contribution < 1.29 is 19.4 Å². The van der Waals surface area contributed by atoms with Crippen molar-refractivity contribution in [2.45, 2.75) is 6.54 Å². The van der Waals surface area contributed by atoms with Gasteiger partial charge in [0.25, 0.3) is 5.82 Å². The van der Waals surface area contributed by atoms with Crippen molar-refractivity contribution in [3.63, 3.8) is 0 Å². The predicted octanol–water partition coefficient (Wildman–Crippen LogP) is 0.423. The van der Waals surface area contributed by atoms with Gasteiger partial charge in [0.1, 0.15) is 44.2 Å². The highest BCUT2D eigenvalue weighted by atomic mass is 16.5. The van der Waals surface area contributed by atoms with Crippen LogP contribution < -0.4 is 24.3 Å². The normalized spacial score (nSPS) is 15.5. The zero-order valence-electron chi connectivity index (χ0n) is 13.8. The number of pyridine rings is 1. The Balaban J connectivity index is 1.60. The summed E-state index contributed by atoms with van der Waals surface area (Å²) in [4.78, 5) is 7.32. The second kappa shape index (κ2) is 7.33. The molecular formula is C18H25N3O2+2. The van der Waals surface area contributed by atoms with Crippen molar-refractivity contribution in [2.24, 2.45) is 0 Å². The van der Waals surface area contributed by atoms with Crippen LogP contribution in [0.15, 0.2) is 42.6 Å². The quantitative estimate of drug-likeness (QED) is 0.869. The summed E-state index contributed by atoms with van der Waals surface area (Å²) in [6, 6.07) is 12.4. The Morgan fingerprint density at radius 2 is 1.74 bits per heavy atom. The third-order valence-electron chi connectivity index (χ3n) is 4.37. The Morgan fingerprint density at radius 1 is 1.04 bits per heavy atom. The highest BCUT2D eigenvalue weighted by Gasteiger charge is 2.25. The standard InChI is InChI=1S/C18H23N3O2/c1-22-16-11-15(12-17(13-16)23-2)14-20-7-9-21(10-8-20)18-5-3-4-6-19-18/h3-6,11-13H,7-10,14H2,1-2H3/p+2. The van der Waals surface area contributed by atoms with Gasteiger partial charge in [-0.1, -0.05) is 6.07 Å². The highest BCUT2D eigenvalue weighted by molar-refractivity contribution is 5.38. The van der Waals surface area contributed by atoms with Crippen LogP contribution in [0.25, 0.3) is 0 Å². The van der Waals surface area contributed by atoms with Gasteiger partial charge in [0, 0.05) is 17.7 Å². The van der Waals surface area contributed by atoms with E-state index in [2.05, 4.69) is 34.1 Å². The van der Waals surface area contributed by atoms with Crippen molar-refractivity contribution in [1.29, 1.82) is 0 Å². The average Bonchev–Trinajstić information content (AvgIpc) is 2.62. The molecule has 3 rings (SSSR count). The molecule has 23 heavy (non-hydrogen) atoms. The summed E-state index contributed by atoms with van der Waals surface area (Å²) in [6.07, 6.45) is 1.98. The Kier molecular flexibility index (Phi) is 4.98. The molecular weight excluding hydrogens is 290 g/mol. The maximum Gasteiger partial charge on any atom is 0.274 e.